The molecular formula is C21H26I2O4. The summed E-state index contributed by atoms with van der Waals surface area (Å²) >= 11 is 4.28. The summed E-state index contributed by atoms with van der Waals surface area (Å²) in [6.07, 6.45) is -0.888. The van der Waals surface area contributed by atoms with Gasteiger partial charge in [-0.3, -0.25) is 0 Å². The highest BCUT2D eigenvalue weighted by Crippen LogP contribution is 2.33. The van der Waals surface area contributed by atoms with E-state index in [-0.39, 0.29) is 5.41 Å². The Kier molecular flexibility index (Phi) is 9.10. The highest BCUT2D eigenvalue weighted by atomic mass is 127. The minimum Gasteiger partial charge on any atom is -0.491 e. The van der Waals surface area contributed by atoms with Crippen molar-refractivity contribution in [1.29, 1.82) is 0 Å². The van der Waals surface area contributed by atoms with Crippen molar-refractivity contribution in [1.82, 2.24) is 0 Å². The zero-order chi connectivity index (χ0) is 19.9. The van der Waals surface area contributed by atoms with E-state index in [1.807, 2.05) is 24.3 Å². The number of hydrogen-bond donors (Lipinski definition) is 2. The molecule has 0 aliphatic rings. The van der Waals surface area contributed by atoms with Gasteiger partial charge in [0.15, 0.2) is 0 Å². The summed E-state index contributed by atoms with van der Waals surface area (Å²) in [5, 5.41) is 19.2. The van der Waals surface area contributed by atoms with Gasteiger partial charge in [-0.2, -0.15) is 0 Å². The minimum atomic E-state index is -0.444. The molecule has 0 saturated heterocycles. The first kappa shape index (κ1) is 22.7. The Labute approximate surface area is 188 Å². The van der Waals surface area contributed by atoms with Crippen molar-refractivity contribution in [2.75, 3.05) is 22.1 Å². The molecule has 0 saturated carbocycles. The average molecular weight is 596 g/mol. The Morgan fingerprint density at radius 2 is 1.07 bits per heavy atom. The van der Waals surface area contributed by atoms with Crippen LogP contribution in [0.5, 0.6) is 11.5 Å². The molecule has 0 fully saturated rings. The Hall–Kier alpha value is -0.580. The molecule has 0 heterocycles. The fourth-order valence-corrected chi connectivity index (χ4v) is 3.08. The molecule has 6 heteroatoms. The monoisotopic (exact) mass is 596 g/mol. The minimum absolute atomic E-state index is 0.166. The molecule has 0 aliphatic heterocycles. The smallest absolute Gasteiger partial charge is 0.119 e. The van der Waals surface area contributed by atoms with E-state index in [0.717, 1.165) is 11.5 Å². The summed E-state index contributed by atoms with van der Waals surface area (Å²) in [6, 6.07) is 16.0. The molecule has 2 rings (SSSR count). The lowest BCUT2D eigenvalue weighted by Crippen LogP contribution is -2.20. The molecule has 0 aliphatic carbocycles. The lowest BCUT2D eigenvalue weighted by atomic mass is 9.78. The van der Waals surface area contributed by atoms with Crippen molar-refractivity contribution in [3.05, 3.63) is 59.7 Å². The Morgan fingerprint density at radius 1 is 0.741 bits per heavy atom. The van der Waals surface area contributed by atoms with Crippen LogP contribution in [0.15, 0.2) is 48.5 Å². The van der Waals surface area contributed by atoms with Crippen LogP contribution in [0.1, 0.15) is 25.0 Å². The predicted octanol–water partition coefficient (Wildman–Crippen LogP) is 4.36. The number of benzene rings is 2. The maximum Gasteiger partial charge on any atom is 0.119 e. The highest BCUT2D eigenvalue weighted by molar-refractivity contribution is 14.1. The second-order valence-electron chi connectivity index (χ2n) is 6.91. The molecule has 27 heavy (non-hydrogen) atoms. The SMILES string of the molecule is CC(C)(c1ccc(OCC(O)CI)cc1)c1ccc(OC[C@@H](O)CI)cc1. The molecule has 4 nitrogen and oxygen atoms in total. The van der Waals surface area contributed by atoms with Crippen LogP contribution < -0.4 is 9.47 Å². The van der Waals surface area contributed by atoms with Gasteiger partial charge < -0.3 is 19.7 Å². The van der Waals surface area contributed by atoms with Crippen molar-refractivity contribution in [3.8, 4) is 11.5 Å². The van der Waals surface area contributed by atoms with E-state index in [2.05, 4.69) is 83.3 Å². The second-order valence-corrected chi connectivity index (χ2v) is 8.67. The summed E-state index contributed by atoms with van der Waals surface area (Å²) in [6.45, 7) is 4.97. The summed E-state index contributed by atoms with van der Waals surface area (Å²) in [7, 11) is 0. The summed E-state index contributed by atoms with van der Waals surface area (Å²) in [5.41, 5.74) is 2.19. The summed E-state index contributed by atoms with van der Waals surface area (Å²) in [4.78, 5) is 0. The Bertz CT molecular complexity index is 627. The fourth-order valence-electron chi connectivity index (χ4n) is 2.58. The molecule has 1 unspecified atom stereocenters. The van der Waals surface area contributed by atoms with E-state index >= 15 is 0 Å². The van der Waals surface area contributed by atoms with Crippen LogP contribution in [0, 0.1) is 0 Å². The normalized spacial score (nSPS) is 13.9. The van der Waals surface area contributed by atoms with Crippen LogP contribution in [-0.4, -0.2) is 44.5 Å². The summed E-state index contributed by atoms with van der Waals surface area (Å²) < 4.78 is 12.5. The number of aliphatic hydroxyl groups excluding tert-OH is 2. The van der Waals surface area contributed by atoms with Gasteiger partial charge >= 0.3 is 0 Å². The molecule has 0 amide bonds. The van der Waals surface area contributed by atoms with Gasteiger partial charge in [0.1, 0.15) is 24.7 Å². The Balaban J connectivity index is 2.04. The third-order valence-electron chi connectivity index (χ3n) is 4.39. The lowest BCUT2D eigenvalue weighted by Gasteiger charge is -2.26. The van der Waals surface area contributed by atoms with Crippen LogP contribution in [0.4, 0.5) is 0 Å². The quantitative estimate of drug-likeness (QED) is 0.317. The maximum absolute atomic E-state index is 9.60. The van der Waals surface area contributed by atoms with Gasteiger partial charge in [-0.15, -0.1) is 0 Å². The van der Waals surface area contributed by atoms with Crippen LogP contribution in [0.2, 0.25) is 0 Å². The van der Waals surface area contributed by atoms with Crippen molar-refractivity contribution in [3.63, 3.8) is 0 Å². The second kappa shape index (κ2) is 10.8. The fraction of sp³-hybridized carbons (Fsp3) is 0.429. The average Bonchev–Trinajstić information content (AvgIpc) is 2.70. The standard InChI is InChI=1S/C21H26I2O4/c1-21(2,15-3-7-19(8-4-15)26-13-17(24)11-22)16-5-9-20(10-6-16)27-14-18(25)12-23/h3-10,17-18,24-25H,11-14H2,1-2H3/t17-,18?/m0/s1. The van der Waals surface area contributed by atoms with E-state index < -0.39 is 12.2 Å². The van der Waals surface area contributed by atoms with Gasteiger partial charge in [-0.25, -0.2) is 0 Å². The topological polar surface area (TPSA) is 58.9 Å². The number of ether oxygens (including phenoxy) is 2. The maximum atomic E-state index is 9.60. The van der Waals surface area contributed by atoms with Crippen LogP contribution in [0.3, 0.4) is 0 Å². The van der Waals surface area contributed by atoms with Crippen LogP contribution in [0.25, 0.3) is 0 Å². The molecule has 0 aromatic heterocycles. The highest BCUT2D eigenvalue weighted by Gasteiger charge is 2.23. The number of aliphatic hydroxyl groups is 2. The van der Waals surface area contributed by atoms with Crippen molar-refractivity contribution >= 4 is 45.2 Å². The Morgan fingerprint density at radius 3 is 1.37 bits per heavy atom. The van der Waals surface area contributed by atoms with Gasteiger partial charge in [-0.1, -0.05) is 83.3 Å². The van der Waals surface area contributed by atoms with E-state index in [1.54, 1.807) is 0 Å². The van der Waals surface area contributed by atoms with E-state index in [1.165, 1.54) is 11.1 Å². The van der Waals surface area contributed by atoms with Gasteiger partial charge in [0.2, 0.25) is 0 Å². The summed E-state index contributed by atoms with van der Waals surface area (Å²) in [5.74, 6) is 1.52. The number of halogens is 2. The molecule has 2 N–H and O–H groups in total. The first-order valence-electron chi connectivity index (χ1n) is 8.81. The van der Waals surface area contributed by atoms with Crippen molar-refractivity contribution < 1.29 is 19.7 Å². The predicted molar refractivity (Wildman–Crippen MR) is 126 cm³/mol. The first-order chi connectivity index (χ1) is 12.9. The third kappa shape index (κ3) is 6.76. The van der Waals surface area contributed by atoms with Gasteiger partial charge in [0.05, 0.1) is 12.2 Å². The van der Waals surface area contributed by atoms with Crippen LogP contribution >= 0.6 is 45.2 Å². The molecule has 0 spiro atoms. The third-order valence-corrected chi connectivity index (χ3v) is 6.43. The van der Waals surface area contributed by atoms with Gasteiger partial charge in [0, 0.05) is 14.3 Å². The van der Waals surface area contributed by atoms with E-state index in [9.17, 15) is 10.2 Å². The van der Waals surface area contributed by atoms with Gasteiger partial charge in [0.25, 0.3) is 0 Å². The van der Waals surface area contributed by atoms with Gasteiger partial charge in [-0.05, 0) is 35.4 Å². The number of alkyl halides is 2. The van der Waals surface area contributed by atoms with Crippen LogP contribution in [-0.2, 0) is 5.41 Å². The molecule has 148 valence electrons. The number of rotatable bonds is 10. The number of hydrogen-bond acceptors (Lipinski definition) is 4. The van der Waals surface area contributed by atoms with E-state index in [0.29, 0.717) is 22.1 Å². The molecular weight excluding hydrogens is 570 g/mol. The molecule has 0 bridgehead atoms. The van der Waals surface area contributed by atoms with Crippen molar-refractivity contribution in [2.24, 2.45) is 0 Å². The molecule has 2 aromatic carbocycles. The largest absolute Gasteiger partial charge is 0.491 e. The van der Waals surface area contributed by atoms with E-state index in [4.69, 9.17) is 9.47 Å². The lowest BCUT2D eigenvalue weighted by molar-refractivity contribution is 0.128. The molecule has 0 radical (unpaired) electrons. The molecule has 2 atom stereocenters. The zero-order valence-electron chi connectivity index (χ0n) is 15.6. The first-order valence-corrected chi connectivity index (χ1v) is 11.9. The zero-order valence-corrected chi connectivity index (χ0v) is 19.9. The van der Waals surface area contributed by atoms with Crippen molar-refractivity contribution in [2.45, 2.75) is 31.5 Å². The molecule has 2 aromatic rings.